The zero-order valence-corrected chi connectivity index (χ0v) is 23.8. The molecule has 0 aliphatic carbocycles. The molecule has 3 aromatic carbocycles. The summed E-state index contributed by atoms with van der Waals surface area (Å²) in [6.45, 7) is 3.22. The first-order chi connectivity index (χ1) is 18.5. The van der Waals surface area contributed by atoms with E-state index in [1.54, 1.807) is 18.2 Å². The van der Waals surface area contributed by atoms with Crippen molar-refractivity contribution in [3.8, 4) is 0 Å². The molecule has 2 atom stereocenters. The molecule has 39 heavy (non-hydrogen) atoms. The molecular weight excluding hydrogens is 541 g/mol. The minimum Gasteiger partial charge on any atom is -0.352 e. The van der Waals surface area contributed by atoms with Crippen LogP contribution >= 0.6 is 11.6 Å². The van der Waals surface area contributed by atoms with Gasteiger partial charge in [0.05, 0.1) is 11.9 Å². The summed E-state index contributed by atoms with van der Waals surface area (Å²) in [5, 5.41) is 3.27. The van der Waals surface area contributed by atoms with Crippen molar-refractivity contribution in [3.63, 3.8) is 0 Å². The van der Waals surface area contributed by atoms with Gasteiger partial charge in [-0.2, -0.15) is 0 Å². The molecule has 2 amide bonds. The molecule has 10 heteroatoms. The van der Waals surface area contributed by atoms with Crippen molar-refractivity contribution >= 4 is 39.1 Å². The maximum Gasteiger partial charge on any atom is 0.244 e. The average Bonchev–Trinajstić information content (AvgIpc) is 2.90. The minimum absolute atomic E-state index is 0.0301. The fourth-order valence-electron chi connectivity index (χ4n) is 4.03. The highest BCUT2D eigenvalue weighted by molar-refractivity contribution is 7.92. The van der Waals surface area contributed by atoms with Crippen LogP contribution in [0.2, 0.25) is 5.02 Å². The first kappa shape index (κ1) is 30.1. The van der Waals surface area contributed by atoms with E-state index in [1.165, 1.54) is 35.2 Å². The average molecular weight is 574 g/mol. The van der Waals surface area contributed by atoms with Crippen LogP contribution in [0.25, 0.3) is 0 Å². The van der Waals surface area contributed by atoms with Crippen LogP contribution in [-0.2, 0) is 32.6 Å². The number of hydrogen-bond acceptors (Lipinski definition) is 4. The smallest absolute Gasteiger partial charge is 0.244 e. The van der Waals surface area contributed by atoms with Crippen LogP contribution in [0.15, 0.2) is 78.9 Å². The lowest BCUT2D eigenvalue weighted by molar-refractivity contribution is -0.140. The molecule has 0 saturated heterocycles. The van der Waals surface area contributed by atoms with E-state index in [9.17, 15) is 22.4 Å². The number of rotatable bonds is 12. The van der Waals surface area contributed by atoms with Crippen LogP contribution in [0.5, 0.6) is 0 Å². The van der Waals surface area contributed by atoms with Crippen molar-refractivity contribution in [2.75, 3.05) is 17.1 Å². The minimum atomic E-state index is -3.89. The Balaban J connectivity index is 2.05. The molecule has 0 spiro atoms. The summed E-state index contributed by atoms with van der Waals surface area (Å²) in [5.41, 5.74) is 1.64. The number of carbonyl (C=O) groups is 2. The lowest BCUT2D eigenvalue weighted by Gasteiger charge is -2.34. The van der Waals surface area contributed by atoms with E-state index in [0.717, 1.165) is 16.1 Å². The van der Waals surface area contributed by atoms with Crippen LogP contribution in [0.3, 0.4) is 0 Å². The highest BCUT2D eigenvalue weighted by Gasteiger charge is 2.33. The van der Waals surface area contributed by atoms with Gasteiger partial charge in [-0.25, -0.2) is 12.8 Å². The lowest BCUT2D eigenvalue weighted by Crippen LogP contribution is -2.54. The summed E-state index contributed by atoms with van der Waals surface area (Å²) in [6, 6.07) is 20.0. The Hall–Kier alpha value is -3.43. The van der Waals surface area contributed by atoms with Gasteiger partial charge >= 0.3 is 0 Å². The van der Waals surface area contributed by atoms with Gasteiger partial charge in [-0.3, -0.25) is 13.9 Å². The monoisotopic (exact) mass is 573 g/mol. The molecule has 7 nitrogen and oxygen atoms in total. The molecule has 0 saturated carbocycles. The summed E-state index contributed by atoms with van der Waals surface area (Å²) >= 11 is 6.10. The number of anilines is 1. The zero-order valence-electron chi connectivity index (χ0n) is 22.2. The third kappa shape index (κ3) is 8.80. The highest BCUT2D eigenvalue weighted by atomic mass is 35.5. The SMILES string of the molecule is CC[C@@H](C)NC(=O)[C@H](Cc1ccccc1)N(Cc1ccc(F)cc1)C(=O)CN(c1cccc(Cl)c1)S(C)(=O)=O. The van der Waals surface area contributed by atoms with Gasteiger partial charge in [0.25, 0.3) is 0 Å². The number of hydrogen-bond donors (Lipinski definition) is 1. The van der Waals surface area contributed by atoms with E-state index < -0.39 is 34.3 Å². The van der Waals surface area contributed by atoms with Gasteiger partial charge < -0.3 is 10.2 Å². The normalized spacial score (nSPS) is 12.8. The molecule has 0 unspecified atom stereocenters. The number of nitrogens with zero attached hydrogens (tertiary/aromatic N) is 2. The standard InChI is InChI=1S/C29H33ClFN3O4S/c1-4-21(2)32-29(36)27(17-22-9-6-5-7-10-22)33(19-23-13-15-25(31)16-14-23)28(35)20-34(39(3,37)38)26-12-8-11-24(30)18-26/h5-16,18,21,27H,4,17,19-20H2,1-3H3,(H,32,36)/t21-,27+/m1/s1. The molecule has 3 rings (SSSR count). The number of halogens is 2. The molecule has 208 valence electrons. The van der Waals surface area contributed by atoms with Crippen LogP contribution in [0.1, 0.15) is 31.4 Å². The van der Waals surface area contributed by atoms with Gasteiger partial charge in [-0.05, 0) is 54.8 Å². The number of amides is 2. The van der Waals surface area contributed by atoms with Crippen molar-refractivity contribution in [1.82, 2.24) is 10.2 Å². The fraction of sp³-hybridized carbons (Fsp3) is 0.310. The van der Waals surface area contributed by atoms with E-state index >= 15 is 0 Å². The largest absolute Gasteiger partial charge is 0.352 e. The number of carbonyl (C=O) groups excluding carboxylic acids is 2. The van der Waals surface area contributed by atoms with E-state index in [0.29, 0.717) is 17.0 Å². The van der Waals surface area contributed by atoms with Crippen LogP contribution in [0, 0.1) is 5.82 Å². The highest BCUT2D eigenvalue weighted by Crippen LogP contribution is 2.23. The topological polar surface area (TPSA) is 86.8 Å². The van der Waals surface area contributed by atoms with Crippen molar-refractivity contribution in [2.45, 2.75) is 45.3 Å². The molecule has 0 radical (unpaired) electrons. The zero-order chi connectivity index (χ0) is 28.6. The summed E-state index contributed by atoms with van der Waals surface area (Å²) in [7, 11) is -3.89. The molecule has 0 aliphatic heterocycles. The van der Waals surface area contributed by atoms with Crippen LogP contribution in [-0.4, -0.2) is 50.0 Å². The molecule has 3 aromatic rings. The van der Waals surface area contributed by atoms with Gasteiger partial charge in [0.1, 0.15) is 18.4 Å². The molecule has 0 heterocycles. The Bertz CT molecular complexity index is 1370. The fourth-order valence-corrected chi connectivity index (χ4v) is 5.05. The second-order valence-electron chi connectivity index (χ2n) is 9.42. The second-order valence-corrected chi connectivity index (χ2v) is 11.8. The molecule has 0 aliphatic rings. The molecule has 0 fully saturated rings. The third-order valence-electron chi connectivity index (χ3n) is 6.31. The molecule has 0 aromatic heterocycles. The quantitative estimate of drug-likeness (QED) is 0.337. The predicted molar refractivity (Wildman–Crippen MR) is 152 cm³/mol. The van der Waals surface area contributed by atoms with Gasteiger partial charge in [0, 0.05) is 24.0 Å². The van der Waals surface area contributed by atoms with Crippen molar-refractivity contribution in [1.29, 1.82) is 0 Å². The van der Waals surface area contributed by atoms with Crippen molar-refractivity contribution in [2.24, 2.45) is 0 Å². The molecule has 1 N–H and O–H groups in total. The van der Waals surface area contributed by atoms with Gasteiger partial charge in [0.2, 0.25) is 21.8 Å². The summed E-state index contributed by atoms with van der Waals surface area (Å²) in [6.07, 6.45) is 1.89. The predicted octanol–water partition coefficient (Wildman–Crippen LogP) is 4.80. The maximum atomic E-state index is 14.0. The Morgan fingerprint density at radius 3 is 2.23 bits per heavy atom. The maximum absolute atomic E-state index is 14.0. The lowest BCUT2D eigenvalue weighted by atomic mass is 10.0. The van der Waals surface area contributed by atoms with E-state index in [-0.39, 0.29) is 30.6 Å². The van der Waals surface area contributed by atoms with E-state index in [1.807, 2.05) is 44.2 Å². The van der Waals surface area contributed by atoms with Crippen LogP contribution in [0.4, 0.5) is 10.1 Å². The van der Waals surface area contributed by atoms with E-state index in [4.69, 9.17) is 11.6 Å². The van der Waals surface area contributed by atoms with Gasteiger partial charge in [-0.15, -0.1) is 0 Å². The Morgan fingerprint density at radius 2 is 1.64 bits per heavy atom. The third-order valence-corrected chi connectivity index (χ3v) is 7.69. The number of benzene rings is 3. The Morgan fingerprint density at radius 1 is 0.974 bits per heavy atom. The number of sulfonamides is 1. The first-order valence-electron chi connectivity index (χ1n) is 12.6. The number of nitrogens with one attached hydrogen (secondary N) is 1. The summed E-state index contributed by atoms with van der Waals surface area (Å²) in [5.74, 6) is -1.39. The molecular formula is C29H33ClFN3O4S. The van der Waals surface area contributed by atoms with Gasteiger partial charge in [-0.1, -0.05) is 67.1 Å². The molecule has 0 bridgehead atoms. The summed E-state index contributed by atoms with van der Waals surface area (Å²) in [4.78, 5) is 28.9. The first-order valence-corrected chi connectivity index (χ1v) is 14.8. The van der Waals surface area contributed by atoms with Crippen molar-refractivity contribution in [3.05, 3.63) is 101 Å². The summed E-state index contributed by atoms with van der Waals surface area (Å²) < 4.78 is 40.1. The van der Waals surface area contributed by atoms with Gasteiger partial charge in [0.15, 0.2) is 0 Å². The Labute approximate surface area is 234 Å². The van der Waals surface area contributed by atoms with Crippen LogP contribution < -0.4 is 9.62 Å². The van der Waals surface area contributed by atoms with Crippen molar-refractivity contribution < 1.29 is 22.4 Å². The second kappa shape index (κ2) is 13.6. The Kier molecular flexibility index (Phi) is 10.5. The van der Waals surface area contributed by atoms with E-state index in [2.05, 4.69) is 5.32 Å².